The van der Waals surface area contributed by atoms with E-state index in [0.717, 1.165) is 10.4 Å². The summed E-state index contributed by atoms with van der Waals surface area (Å²) in [4.78, 5) is 15.5. The molecule has 1 unspecified atom stereocenters. The number of aromatic amines is 1. The molecule has 0 bridgehead atoms. The van der Waals surface area contributed by atoms with Crippen molar-refractivity contribution in [2.45, 2.75) is 24.0 Å². The lowest BCUT2D eigenvalue weighted by atomic mass is 10.2. The van der Waals surface area contributed by atoms with Crippen molar-refractivity contribution in [3.05, 3.63) is 30.5 Å². The fourth-order valence-corrected chi connectivity index (χ4v) is 2.39. The number of hydrogen-bond acceptors (Lipinski definition) is 2. The fourth-order valence-electron chi connectivity index (χ4n) is 1.42. The van der Waals surface area contributed by atoms with Crippen LogP contribution in [-0.2, 0) is 4.79 Å². The van der Waals surface area contributed by atoms with Gasteiger partial charge in [-0.3, -0.25) is 4.79 Å². The summed E-state index contributed by atoms with van der Waals surface area (Å²) >= 11 is 1.61. The van der Waals surface area contributed by atoms with Crippen molar-refractivity contribution >= 4 is 28.4 Å². The topological polar surface area (TPSA) is 32.9 Å². The van der Waals surface area contributed by atoms with Crippen LogP contribution >= 0.6 is 11.8 Å². The quantitative estimate of drug-likeness (QED) is 0.804. The number of thioether (sulfide) groups is 1. The van der Waals surface area contributed by atoms with Crippen LogP contribution in [0.2, 0.25) is 0 Å². The Bertz CT molecular complexity index is 489. The van der Waals surface area contributed by atoms with Gasteiger partial charge in [0.15, 0.2) is 0 Å². The Balaban J connectivity index is 2.32. The van der Waals surface area contributed by atoms with Crippen LogP contribution in [0.5, 0.6) is 0 Å². The van der Waals surface area contributed by atoms with Gasteiger partial charge < -0.3 is 4.98 Å². The SMILES string of the molecule is CC(=O)C(C)Sc1c[nH]c2ccccc12. The number of para-hydroxylation sites is 1. The minimum Gasteiger partial charge on any atom is -0.360 e. The van der Waals surface area contributed by atoms with E-state index in [9.17, 15) is 4.79 Å². The fraction of sp³-hybridized carbons (Fsp3) is 0.250. The van der Waals surface area contributed by atoms with E-state index in [1.165, 1.54) is 5.39 Å². The van der Waals surface area contributed by atoms with Gasteiger partial charge in [-0.1, -0.05) is 18.2 Å². The molecule has 1 atom stereocenters. The number of benzene rings is 1. The molecule has 15 heavy (non-hydrogen) atoms. The zero-order chi connectivity index (χ0) is 10.8. The number of ketones is 1. The van der Waals surface area contributed by atoms with E-state index in [2.05, 4.69) is 11.1 Å². The van der Waals surface area contributed by atoms with Crippen LogP contribution in [0, 0.1) is 0 Å². The third-order valence-electron chi connectivity index (χ3n) is 2.43. The minimum absolute atomic E-state index is 0.0178. The summed E-state index contributed by atoms with van der Waals surface area (Å²) in [5.74, 6) is 0.213. The first kappa shape index (κ1) is 10.3. The van der Waals surface area contributed by atoms with E-state index in [4.69, 9.17) is 0 Å². The number of aromatic nitrogens is 1. The van der Waals surface area contributed by atoms with Gasteiger partial charge in [-0.15, -0.1) is 11.8 Å². The normalized spacial score (nSPS) is 12.9. The van der Waals surface area contributed by atoms with Crippen molar-refractivity contribution in [1.82, 2.24) is 4.98 Å². The van der Waals surface area contributed by atoms with Crippen LogP contribution in [-0.4, -0.2) is 16.0 Å². The monoisotopic (exact) mass is 219 g/mol. The maximum absolute atomic E-state index is 11.2. The Morgan fingerprint density at radius 2 is 2.13 bits per heavy atom. The molecular weight excluding hydrogens is 206 g/mol. The van der Waals surface area contributed by atoms with Crippen LogP contribution in [0.25, 0.3) is 10.9 Å². The average molecular weight is 219 g/mol. The predicted octanol–water partition coefficient (Wildman–Crippen LogP) is 3.24. The van der Waals surface area contributed by atoms with Gasteiger partial charge in [-0.2, -0.15) is 0 Å². The molecule has 2 nitrogen and oxygen atoms in total. The summed E-state index contributed by atoms with van der Waals surface area (Å²) < 4.78 is 0. The van der Waals surface area contributed by atoms with Gasteiger partial charge in [0.1, 0.15) is 5.78 Å². The minimum atomic E-state index is 0.0178. The lowest BCUT2D eigenvalue weighted by Crippen LogP contribution is -2.07. The van der Waals surface area contributed by atoms with Crippen LogP contribution in [0.1, 0.15) is 13.8 Å². The van der Waals surface area contributed by atoms with Gasteiger partial charge in [0.2, 0.25) is 0 Å². The maximum Gasteiger partial charge on any atom is 0.142 e. The van der Waals surface area contributed by atoms with Crippen LogP contribution in [0.3, 0.4) is 0 Å². The summed E-state index contributed by atoms with van der Waals surface area (Å²) in [5.41, 5.74) is 1.12. The maximum atomic E-state index is 11.2. The van der Waals surface area contributed by atoms with E-state index in [1.807, 2.05) is 31.3 Å². The molecule has 0 aliphatic heterocycles. The molecule has 0 fully saturated rings. The Kier molecular flexibility index (Phi) is 2.82. The highest BCUT2D eigenvalue weighted by Gasteiger charge is 2.11. The third kappa shape index (κ3) is 2.07. The first-order valence-corrected chi connectivity index (χ1v) is 5.79. The number of rotatable bonds is 3. The van der Waals surface area contributed by atoms with Gasteiger partial charge in [-0.05, 0) is 19.9 Å². The van der Waals surface area contributed by atoms with Gasteiger partial charge in [-0.25, -0.2) is 0 Å². The van der Waals surface area contributed by atoms with Gasteiger partial charge in [0.05, 0.1) is 5.25 Å². The van der Waals surface area contributed by atoms with Crippen molar-refractivity contribution in [3.8, 4) is 0 Å². The predicted molar refractivity (Wildman–Crippen MR) is 64.3 cm³/mol. The molecule has 0 aliphatic rings. The number of H-pyrrole nitrogens is 1. The zero-order valence-corrected chi connectivity index (χ0v) is 9.60. The standard InChI is InChI=1S/C12H13NOS/c1-8(14)9(2)15-12-7-13-11-6-4-3-5-10(11)12/h3-7,9,13H,1-2H3. The Labute approximate surface area is 93.1 Å². The number of hydrogen-bond donors (Lipinski definition) is 1. The van der Waals surface area contributed by atoms with Crippen molar-refractivity contribution in [1.29, 1.82) is 0 Å². The Morgan fingerprint density at radius 1 is 1.40 bits per heavy atom. The molecular formula is C12H13NOS. The van der Waals surface area contributed by atoms with Crippen LogP contribution in [0.4, 0.5) is 0 Å². The molecule has 1 N–H and O–H groups in total. The number of carbonyl (C=O) groups excluding carboxylic acids is 1. The number of nitrogens with one attached hydrogen (secondary N) is 1. The van der Waals surface area contributed by atoms with E-state index >= 15 is 0 Å². The molecule has 0 saturated carbocycles. The average Bonchev–Trinajstić information content (AvgIpc) is 2.62. The summed E-state index contributed by atoms with van der Waals surface area (Å²) in [6.45, 7) is 3.57. The van der Waals surface area contributed by atoms with Crippen molar-refractivity contribution in [3.63, 3.8) is 0 Å². The molecule has 2 rings (SSSR count). The smallest absolute Gasteiger partial charge is 0.142 e. The summed E-state index contributed by atoms with van der Waals surface area (Å²) in [5, 5.41) is 1.21. The summed E-state index contributed by atoms with van der Waals surface area (Å²) in [6.07, 6.45) is 1.97. The zero-order valence-electron chi connectivity index (χ0n) is 8.78. The first-order chi connectivity index (χ1) is 7.18. The lowest BCUT2D eigenvalue weighted by molar-refractivity contribution is -0.116. The van der Waals surface area contributed by atoms with Crippen LogP contribution < -0.4 is 0 Å². The number of fused-ring (bicyclic) bond motifs is 1. The molecule has 1 aromatic carbocycles. The molecule has 2 aromatic rings. The van der Waals surface area contributed by atoms with E-state index in [1.54, 1.807) is 18.7 Å². The second kappa shape index (κ2) is 4.11. The highest BCUT2D eigenvalue weighted by atomic mass is 32.2. The summed E-state index contributed by atoms with van der Waals surface area (Å²) in [6, 6.07) is 8.12. The molecule has 1 aromatic heterocycles. The molecule has 0 radical (unpaired) electrons. The summed E-state index contributed by atoms with van der Waals surface area (Å²) in [7, 11) is 0. The third-order valence-corrected chi connectivity index (χ3v) is 3.70. The van der Waals surface area contributed by atoms with Gasteiger partial charge >= 0.3 is 0 Å². The van der Waals surface area contributed by atoms with E-state index in [0.29, 0.717) is 0 Å². The molecule has 1 heterocycles. The molecule has 0 saturated heterocycles. The van der Waals surface area contributed by atoms with Crippen molar-refractivity contribution < 1.29 is 4.79 Å². The highest BCUT2D eigenvalue weighted by Crippen LogP contribution is 2.30. The lowest BCUT2D eigenvalue weighted by Gasteiger charge is -2.05. The number of carbonyl (C=O) groups is 1. The van der Waals surface area contributed by atoms with Crippen molar-refractivity contribution in [2.24, 2.45) is 0 Å². The largest absolute Gasteiger partial charge is 0.360 e. The molecule has 0 aliphatic carbocycles. The molecule has 78 valence electrons. The van der Waals surface area contributed by atoms with Gasteiger partial charge in [0.25, 0.3) is 0 Å². The van der Waals surface area contributed by atoms with Crippen molar-refractivity contribution in [2.75, 3.05) is 0 Å². The number of Topliss-reactive ketones (excluding diaryl/α,β-unsaturated/α-hetero) is 1. The second-order valence-electron chi connectivity index (χ2n) is 3.57. The molecule has 3 heteroatoms. The Morgan fingerprint density at radius 3 is 2.87 bits per heavy atom. The molecule has 0 amide bonds. The second-order valence-corrected chi connectivity index (χ2v) is 4.95. The van der Waals surface area contributed by atoms with E-state index in [-0.39, 0.29) is 11.0 Å². The van der Waals surface area contributed by atoms with Gasteiger partial charge in [0, 0.05) is 22.0 Å². The Hall–Kier alpha value is -1.22. The van der Waals surface area contributed by atoms with Crippen LogP contribution in [0.15, 0.2) is 35.4 Å². The highest BCUT2D eigenvalue weighted by molar-refractivity contribution is 8.00. The first-order valence-electron chi connectivity index (χ1n) is 4.91. The molecule has 0 spiro atoms. The van der Waals surface area contributed by atoms with E-state index < -0.39 is 0 Å².